The molecule has 3 aromatic carbocycles. The summed E-state index contributed by atoms with van der Waals surface area (Å²) in [6.45, 7) is 0. The number of carbonyl (C=O) groups is 1. The molecule has 0 aromatic heterocycles. The summed E-state index contributed by atoms with van der Waals surface area (Å²) < 4.78 is 103. The Morgan fingerprint density at radius 2 is 1.27 bits per heavy atom. The van der Waals surface area contributed by atoms with E-state index in [0.717, 1.165) is 48.5 Å². The molecule has 0 saturated heterocycles. The minimum Gasteiger partial charge on any atom is -0.508 e. The van der Waals surface area contributed by atoms with Crippen molar-refractivity contribution in [3.8, 4) is 5.75 Å². The van der Waals surface area contributed by atoms with E-state index in [1.54, 1.807) is 5.32 Å². The number of hydrogen-bond donors (Lipinski definition) is 2. The molecule has 0 aliphatic carbocycles. The number of nitrogens with one attached hydrogen (secondary N) is 1. The number of phenols is 1. The normalized spacial score (nSPS) is 12.4. The first-order valence-electron chi connectivity index (χ1n) is 8.93. The van der Waals surface area contributed by atoms with Crippen LogP contribution in [0.15, 0.2) is 76.5 Å². The zero-order valence-electron chi connectivity index (χ0n) is 16.2. The Balaban J connectivity index is 1.90. The summed E-state index contributed by atoms with van der Waals surface area (Å²) in [5.41, 5.74) is -4.25. The number of amides is 1. The Kier molecular flexibility index (Phi) is 6.16. The maximum atomic E-state index is 13.2. The predicted molar refractivity (Wildman–Crippen MR) is 104 cm³/mol. The second-order valence-corrected chi connectivity index (χ2v) is 8.68. The van der Waals surface area contributed by atoms with Crippen molar-refractivity contribution in [3.05, 3.63) is 83.4 Å². The number of sulfone groups is 1. The quantitative estimate of drug-likeness (QED) is 0.473. The van der Waals surface area contributed by atoms with E-state index in [-0.39, 0.29) is 39.3 Å². The highest BCUT2D eigenvalue weighted by Gasteiger charge is 2.37. The van der Waals surface area contributed by atoms with Crippen molar-refractivity contribution < 1.29 is 44.7 Å². The second-order valence-electron chi connectivity index (χ2n) is 6.73. The molecule has 0 fully saturated rings. The Morgan fingerprint density at radius 1 is 0.758 bits per heavy atom. The lowest BCUT2D eigenvalue weighted by Crippen LogP contribution is -2.18. The van der Waals surface area contributed by atoms with Gasteiger partial charge in [-0.3, -0.25) is 4.79 Å². The molecule has 0 radical (unpaired) electrons. The molecular weight excluding hydrogens is 476 g/mol. The number of anilines is 1. The minimum absolute atomic E-state index is 0.156. The molecule has 5 nitrogen and oxygen atoms in total. The molecule has 12 heteroatoms. The standard InChI is InChI=1S/C21H13F6NO4S/c22-20(23,24)13-3-10-17(21(25,26)27)18(11-13)28-19(30)12-1-6-15(7-2-12)33(31,32)16-8-4-14(29)5-9-16/h1-11,29H,(H,28,30). The van der Waals surface area contributed by atoms with Crippen LogP contribution in [0.1, 0.15) is 21.5 Å². The summed E-state index contributed by atoms with van der Waals surface area (Å²) in [6.07, 6.45) is -9.97. The van der Waals surface area contributed by atoms with Gasteiger partial charge in [0.05, 0.1) is 26.6 Å². The fourth-order valence-electron chi connectivity index (χ4n) is 2.81. The molecule has 33 heavy (non-hydrogen) atoms. The van der Waals surface area contributed by atoms with Gasteiger partial charge in [-0.2, -0.15) is 26.3 Å². The van der Waals surface area contributed by atoms with Gasteiger partial charge in [0, 0.05) is 5.56 Å². The van der Waals surface area contributed by atoms with E-state index in [2.05, 4.69) is 0 Å². The lowest BCUT2D eigenvalue weighted by atomic mass is 10.1. The van der Waals surface area contributed by atoms with Crippen molar-refractivity contribution >= 4 is 21.4 Å². The molecule has 0 spiro atoms. The average molecular weight is 489 g/mol. The molecule has 2 N–H and O–H groups in total. The lowest BCUT2D eigenvalue weighted by molar-refractivity contribution is -0.140. The molecule has 174 valence electrons. The molecule has 0 heterocycles. The highest BCUT2D eigenvalue weighted by Crippen LogP contribution is 2.39. The third-order valence-electron chi connectivity index (χ3n) is 4.47. The number of alkyl halides is 6. The third kappa shape index (κ3) is 5.28. The van der Waals surface area contributed by atoms with Crippen LogP contribution in [0.5, 0.6) is 5.75 Å². The van der Waals surface area contributed by atoms with Crippen LogP contribution in [0, 0.1) is 0 Å². The van der Waals surface area contributed by atoms with Crippen LogP contribution >= 0.6 is 0 Å². The Labute approximate surface area is 183 Å². The predicted octanol–water partition coefficient (Wildman–Crippen LogP) is 5.51. The fourth-order valence-corrected chi connectivity index (χ4v) is 4.07. The van der Waals surface area contributed by atoms with Crippen LogP contribution in [0.3, 0.4) is 0 Å². The van der Waals surface area contributed by atoms with Gasteiger partial charge in [0.15, 0.2) is 0 Å². The molecule has 0 aliphatic rings. The van der Waals surface area contributed by atoms with Gasteiger partial charge in [-0.15, -0.1) is 0 Å². The van der Waals surface area contributed by atoms with E-state index in [9.17, 15) is 44.7 Å². The monoisotopic (exact) mass is 489 g/mol. The number of halogens is 6. The zero-order valence-corrected chi connectivity index (χ0v) is 17.0. The SMILES string of the molecule is O=C(Nc1cc(C(F)(F)F)ccc1C(F)(F)F)c1ccc(S(=O)(=O)c2ccc(O)cc2)cc1. The summed E-state index contributed by atoms with van der Waals surface area (Å²) in [7, 11) is -4.02. The smallest absolute Gasteiger partial charge is 0.418 e. The third-order valence-corrected chi connectivity index (χ3v) is 6.26. The van der Waals surface area contributed by atoms with E-state index >= 15 is 0 Å². The van der Waals surface area contributed by atoms with Crippen molar-refractivity contribution in [2.24, 2.45) is 0 Å². The number of rotatable bonds is 4. The van der Waals surface area contributed by atoms with Crippen molar-refractivity contribution in [1.82, 2.24) is 0 Å². The van der Waals surface area contributed by atoms with Gasteiger partial charge in [-0.25, -0.2) is 8.42 Å². The Bertz CT molecular complexity index is 1280. The second kappa shape index (κ2) is 8.43. The zero-order chi connectivity index (χ0) is 24.6. The number of phenolic OH excluding ortho intramolecular Hbond substituents is 1. The van der Waals surface area contributed by atoms with Gasteiger partial charge < -0.3 is 10.4 Å². The summed E-state index contributed by atoms with van der Waals surface area (Å²) >= 11 is 0. The Morgan fingerprint density at radius 3 is 1.76 bits per heavy atom. The van der Waals surface area contributed by atoms with Crippen LogP contribution in [-0.4, -0.2) is 19.4 Å². The summed E-state index contributed by atoms with van der Waals surface area (Å²) in [6, 6.07) is 9.30. The van der Waals surface area contributed by atoms with Crippen LogP contribution in [-0.2, 0) is 22.2 Å². The molecule has 0 bridgehead atoms. The van der Waals surface area contributed by atoms with E-state index < -0.39 is 44.9 Å². The van der Waals surface area contributed by atoms with E-state index in [0.29, 0.717) is 0 Å². The first kappa shape index (κ1) is 24.1. The van der Waals surface area contributed by atoms with Crippen molar-refractivity contribution in [2.45, 2.75) is 22.1 Å². The van der Waals surface area contributed by atoms with Crippen LogP contribution in [0.25, 0.3) is 0 Å². The van der Waals surface area contributed by atoms with Gasteiger partial charge in [-0.1, -0.05) is 0 Å². The summed E-state index contributed by atoms with van der Waals surface area (Å²) in [5.74, 6) is -1.33. The molecule has 0 aliphatic heterocycles. The van der Waals surface area contributed by atoms with Crippen molar-refractivity contribution in [3.63, 3.8) is 0 Å². The highest BCUT2D eigenvalue weighted by atomic mass is 32.2. The molecule has 0 atom stereocenters. The molecular formula is C21H13F6NO4S. The maximum absolute atomic E-state index is 13.2. The van der Waals surface area contributed by atoms with Gasteiger partial charge >= 0.3 is 12.4 Å². The summed E-state index contributed by atoms with van der Waals surface area (Å²) in [4.78, 5) is 12.0. The van der Waals surface area contributed by atoms with E-state index in [4.69, 9.17) is 0 Å². The molecule has 0 unspecified atom stereocenters. The van der Waals surface area contributed by atoms with Gasteiger partial charge in [-0.05, 0) is 66.7 Å². The average Bonchev–Trinajstić information content (AvgIpc) is 2.72. The first-order valence-corrected chi connectivity index (χ1v) is 10.4. The number of hydrogen-bond acceptors (Lipinski definition) is 4. The fraction of sp³-hybridized carbons (Fsp3) is 0.0952. The topological polar surface area (TPSA) is 83.5 Å². The largest absolute Gasteiger partial charge is 0.508 e. The molecule has 3 aromatic rings. The number of aromatic hydroxyl groups is 1. The molecule has 3 rings (SSSR count). The summed E-state index contributed by atoms with van der Waals surface area (Å²) in [5, 5.41) is 11.1. The Hall–Kier alpha value is -3.54. The molecule has 1 amide bonds. The highest BCUT2D eigenvalue weighted by molar-refractivity contribution is 7.91. The van der Waals surface area contributed by atoms with E-state index in [1.807, 2.05) is 0 Å². The minimum atomic E-state index is -5.03. The van der Waals surface area contributed by atoms with Crippen LogP contribution < -0.4 is 5.32 Å². The van der Waals surface area contributed by atoms with Crippen molar-refractivity contribution in [2.75, 3.05) is 5.32 Å². The van der Waals surface area contributed by atoms with Crippen molar-refractivity contribution in [1.29, 1.82) is 0 Å². The molecule has 0 saturated carbocycles. The van der Waals surface area contributed by atoms with Gasteiger partial charge in [0.1, 0.15) is 5.75 Å². The van der Waals surface area contributed by atoms with Crippen LogP contribution in [0.4, 0.5) is 32.0 Å². The van der Waals surface area contributed by atoms with Crippen LogP contribution in [0.2, 0.25) is 0 Å². The maximum Gasteiger partial charge on any atom is 0.418 e. The van der Waals surface area contributed by atoms with Gasteiger partial charge in [0.2, 0.25) is 9.84 Å². The first-order chi connectivity index (χ1) is 15.2. The van der Waals surface area contributed by atoms with Gasteiger partial charge in [0.25, 0.3) is 5.91 Å². The lowest BCUT2D eigenvalue weighted by Gasteiger charge is -2.16. The number of carbonyl (C=O) groups excluding carboxylic acids is 1. The number of benzene rings is 3. The van der Waals surface area contributed by atoms with E-state index in [1.165, 1.54) is 0 Å².